The van der Waals surface area contributed by atoms with Gasteiger partial charge in [-0.2, -0.15) is 74.6 Å². The third kappa shape index (κ3) is 5.07. The molecule has 228 valence electrons. The Hall–Kier alpha value is -2.21. The third-order valence-corrected chi connectivity index (χ3v) is 5.77. The number of nitrogens with zero attached hydrogens (tertiary/aromatic N) is 1. The smallest absolute Gasteiger partial charge is 0.378 e. The number of benzene rings is 1. The Kier molecular flexibility index (Phi) is 8.67. The number of hydrogen-bond acceptors (Lipinski definition) is 2. The largest absolute Gasteiger partial charge is 0.460 e. The first kappa shape index (κ1) is 34.8. The van der Waals surface area contributed by atoms with Crippen molar-refractivity contribution in [3.63, 3.8) is 0 Å². The summed E-state index contributed by atoms with van der Waals surface area (Å²) in [4.78, 5) is 1.32. The highest BCUT2D eigenvalue weighted by atomic mass is 19.4. The first-order valence-electron chi connectivity index (χ1n) is 9.97. The predicted octanol–water partition coefficient (Wildman–Crippen LogP) is 8.01. The summed E-state index contributed by atoms with van der Waals surface area (Å²) in [7, 11) is 3.34. The Morgan fingerprint density at radius 2 is 1.00 bits per heavy atom. The van der Waals surface area contributed by atoms with Gasteiger partial charge in [0.25, 0.3) is 0 Å². The van der Waals surface area contributed by atoms with Crippen LogP contribution in [0.2, 0.25) is 0 Å². The minimum absolute atomic E-state index is 0.162. The lowest BCUT2D eigenvalue weighted by Gasteiger charge is -2.44. The number of ether oxygens (including phenoxy) is 1. The predicted molar refractivity (Wildman–Crippen MR) is 100 cm³/mol. The van der Waals surface area contributed by atoms with Crippen molar-refractivity contribution in [2.45, 2.75) is 66.6 Å². The zero-order valence-corrected chi connectivity index (χ0v) is 19.8. The molecule has 0 fully saturated rings. The monoisotopic (exact) mass is 611 g/mol. The lowest BCUT2D eigenvalue weighted by Crippen LogP contribution is -2.74. The van der Waals surface area contributed by atoms with Gasteiger partial charge >= 0.3 is 47.6 Å². The SMILES string of the molecule is COC(C)(CC(F)(F)C(F)(F)C(F)(F)C(F)(F)C(F)(F)C(F)(F)C(F)(F)C(F)(F)F)c1cccc(N(C)C)c1. The number of methoxy groups -OCH3 is 1. The van der Waals surface area contributed by atoms with Crippen molar-refractivity contribution in [3.05, 3.63) is 29.8 Å². The second-order valence-electron chi connectivity index (χ2n) is 8.71. The Balaban J connectivity index is 3.68. The van der Waals surface area contributed by atoms with Crippen LogP contribution < -0.4 is 4.90 Å². The molecule has 0 radical (unpaired) electrons. The first-order valence-corrected chi connectivity index (χ1v) is 9.97. The lowest BCUT2D eigenvalue weighted by molar-refractivity contribution is -0.462. The van der Waals surface area contributed by atoms with Gasteiger partial charge in [0.2, 0.25) is 0 Å². The maximum Gasteiger partial charge on any atom is 0.460 e. The molecule has 0 saturated heterocycles. The molecule has 39 heavy (non-hydrogen) atoms. The van der Waals surface area contributed by atoms with E-state index in [9.17, 15) is 74.6 Å². The van der Waals surface area contributed by atoms with E-state index in [0.29, 0.717) is 14.0 Å². The van der Waals surface area contributed by atoms with Crippen molar-refractivity contribution in [1.29, 1.82) is 0 Å². The molecule has 1 unspecified atom stereocenters. The van der Waals surface area contributed by atoms with Crippen LogP contribution in [0.4, 0.5) is 80.3 Å². The van der Waals surface area contributed by atoms with E-state index in [-0.39, 0.29) is 5.69 Å². The molecule has 19 heteroatoms. The molecule has 0 heterocycles. The second-order valence-corrected chi connectivity index (χ2v) is 8.71. The fourth-order valence-electron chi connectivity index (χ4n) is 3.14. The van der Waals surface area contributed by atoms with Crippen molar-refractivity contribution in [2.75, 3.05) is 26.1 Å². The van der Waals surface area contributed by atoms with Gasteiger partial charge in [0.1, 0.15) is 0 Å². The molecule has 0 spiro atoms. The quantitative estimate of drug-likeness (QED) is 0.235. The molecular weight excluding hydrogens is 593 g/mol. The van der Waals surface area contributed by atoms with Crippen LogP contribution in [0.3, 0.4) is 0 Å². The fraction of sp³-hybridized carbons (Fsp3) is 0.700. The van der Waals surface area contributed by atoms with Crippen molar-refractivity contribution in [2.24, 2.45) is 0 Å². The van der Waals surface area contributed by atoms with Crippen molar-refractivity contribution >= 4 is 5.69 Å². The van der Waals surface area contributed by atoms with Gasteiger partial charge in [-0.3, -0.25) is 0 Å². The highest BCUT2D eigenvalue weighted by molar-refractivity contribution is 5.48. The van der Waals surface area contributed by atoms with E-state index in [1.165, 1.54) is 25.1 Å². The van der Waals surface area contributed by atoms with Gasteiger partial charge in [0.15, 0.2) is 0 Å². The number of alkyl halides is 17. The van der Waals surface area contributed by atoms with Gasteiger partial charge in [-0.05, 0) is 24.6 Å². The topological polar surface area (TPSA) is 12.5 Å². The average molecular weight is 611 g/mol. The van der Waals surface area contributed by atoms with E-state index in [4.69, 9.17) is 0 Å². The zero-order chi connectivity index (χ0) is 31.5. The molecule has 1 rings (SSSR count). The van der Waals surface area contributed by atoms with E-state index in [1.807, 2.05) is 0 Å². The van der Waals surface area contributed by atoms with Gasteiger partial charge in [0, 0.05) is 26.9 Å². The highest BCUT2D eigenvalue weighted by Gasteiger charge is 2.95. The maximum absolute atomic E-state index is 14.5. The normalized spacial score (nSPS) is 16.7. The Labute approximate surface area is 208 Å². The third-order valence-electron chi connectivity index (χ3n) is 5.77. The molecule has 0 saturated carbocycles. The van der Waals surface area contributed by atoms with Crippen LogP contribution in [0.25, 0.3) is 0 Å². The molecule has 1 atom stereocenters. The standard InChI is InChI=1S/C20H18F17NO/c1-12(39-4,10-6-5-7-11(8-10)38(2)3)9-13(21,22)14(23,24)15(25,26)16(27,28)17(29,30)18(31,32)19(33,34)20(35,36)37/h5-8H,9H2,1-4H3. The van der Waals surface area contributed by atoms with Gasteiger partial charge < -0.3 is 9.64 Å². The lowest BCUT2D eigenvalue weighted by atomic mass is 9.83. The van der Waals surface area contributed by atoms with Crippen LogP contribution in [0.5, 0.6) is 0 Å². The Morgan fingerprint density at radius 3 is 1.36 bits per heavy atom. The molecule has 0 amide bonds. The molecule has 0 aliphatic carbocycles. The fourth-order valence-corrected chi connectivity index (χ4v) is 3.14. The van der Waals surface area contributed by atoms with E-state index in [2.05, 4.69) is 4.74 Å². The van der Waals surface area contributed by atoms with Crippen LogP contribution in [0.1, 0.15) is 18.9 Å². The van der Waals surface area contributed by atoms with Gasteiger partial charge in [-0.1, -0.05) is 12.1 Å². The summed E-state index contributed by atoms with van der Waals surface area (Å²) in [5, 5.41) is 0. The van der Waals surface area contributed by atoms with Crippen LogP contribution in [0.15, 0.2) is 24.3 Å². The summed E-state index contributed by atoms with van der Waals surface area (Å²) in [6.45, 7) is 0.536. The molecule has 0 aromatic heterocycles. The summed E-state index contributed by atoms with van der Waals surface area (Å²) in [6.07, 6.45) is -10.5. The zero-order valence-electron chi connectivity index (χ0n) is 19.8. The maximum atomic E-state index is 14.5. The second kappa shape index (κ2) is 9.71. The molecule has 0 aliphatic rings. The van der Waals surface area contributed by atoms with E-state index in [0.717, 1.165) is 18.2 Å². The van der Waals surface area contributed by atoms with E-state index in [1.54, 1.807) is 0 Å². The van der Waals surface area contributed by atoms with E-state index < -0.39 is 65.2 Å². The molecule has 1 aromatic rings. The van der Waals surface area contributed by atoms with Crippen molar-refractivity contribution < 1.29 is 79.4 Å². The van der Waals surface area contributed by atoms with Gasteiger partial charge in [-0.15, -0.1) is 0 Å². The molecule has 1 aromatic carbocycles. The van der Waals surface area contributed by atoms with Crippen LogP contribution in [0, 0.1) is 0 Å². The summed E-state index contributed by atoms with van der Waals surface area (Å²) >= 11 is 0. The molecule has 0 aliphatic heterocycles. The number of hydrogen-bond donors (Lipinski definition) is 0. The van der Waals surface area contributed by atoms with Crippen LogP contribution >= 0.6 is 0 Å². The summed E-state index contributed by atoms with van der Waals surface area (Å²) in [6, 6.07) is 4.31. The van der Waals surface area contributed by atoms with Crippen molar-refractivity contribution in [1.82, 2.24) is 0 Å². The number of rotatable bonds is 11. The van der Waals surface area contributed by atoms with Gasteiger partial charge in [0.05, 0.1) is 12.0 Å². The molecule has 0 bridgehead atoms. The minimum Gasteiger partial charge on any atom is -0.378 e. The molecule has 0 N–H and O–H groups in total. The number of halogens is 17. The first-order chi connectivity index (χ1) is 16.9. The molecular formula is C20H18F17NO. The highest BCUT2D eigenvalue weighted by Crippen LogP contribution is 2.64. The average Bonchev–Trinajstić information content (AvgIpc) is 2.77. The van der Waals surface area contributed by atoms with Crippen LogP contribution in [-0.2, 0) is 10.3 Å². The number of anilines is 1. The summed E-state index contributed by atoms with van der Waals surface area (Å²) in [5.74, 6) is -56.7. The summed E-state index contributed by atoms with van der Waals surface area (Å²) < 4.78 is 234. The summed E-state index contributed by atoms with van der Waals surface area (Å²) in [5.41, 5.74) is -3.14. The Bertz CT molecular complexity index is 1020. The van der Waals surface area contributed by atoms with E-state index >= 15 is 0 Å². The van der Waals surface area contributed by atoms with Crippen molar-refractivity contribution in [3.8, 4) is 0 Å². The van der Waals surface area contributed by atoms with Gasteiger partial charge in [-0.25, -0.2) is 0 Å². The van der Waals surface area contributed by atoms with Crippen LogP contribution in [-0.4, -0.2) is 68.8 Å². The molecule has 2 nitrogen and oxygen atoms in total. The Morgan fingerprint density at radius 1 is 0.615 bits per heavy atom. The minimum atomic E-state index is -8.66.